The van der Waals surface area contributed by atoms with Crippen LogP contribution in [0, 0.1) is 46.3 Å². The maximum absolute atomic E-state index is 12.5. The zero-order chi connectivity index (χ0) is 28.2. The van der Waals surface area contributed by atoms with Gasteiger partial charge in [0.2, 0.25) is 0 Å². The molecule has 3 fully saturated rings. The van der Waals surface area contributed by atoms with E-state index >= 15 is 0 Å². The van der Waals surface area contributed by atoms with E-state index in [4.69, 9.17) is 9.84 Å². The van der Waals surface area contributed by atoms with Crippen molar-refractivity contribution in [2.24, 2.45) is 46.3 Å². The van der Waals surface area contributed by atoms with Crippen LogP contribution in [0.15, 0.2) is 11.6 Å². The highest BCUT2D eigenvalue weighted by Crippen LogP contribution is 2.67. The zero-order valence-corrected chi connectivity index (χ0v) is 26.1. The number of amides is 1. The van der Waals surface area contributed by atoms with Crippen molar-refractivity contribution in [3.8, 4) is 0 Å². The van der Waals surface area contributed by atoms with Crippen molar-refractivity contribution < 1.29 is 14.6 Å². The number of likely N-dealkylation sites (N-methyl/N-ethyl adjacent to an activating group) is 1. The molecule has 0 heterocycles. The number of hydrogen-bond acceptors (Lipinski definition) is 4. The number of carbonyl (C=O) groups is 1. The van der Waals surface area contributed by atoms with Gasteiger partial charge in [-0.25, -0.2) is 4.79 Å². The molecule has 1 unspecified atom stereocenters. The van der Waals surface area contributed by atoms with E-state index in [1.54, 1.807) is 5.57 Å². The molecular weight excluding hydrogens is 484 g/mol. The topological polar surface area (TPSA) is 61.8 Å². The molecule has 39 heavy (non-hydrogen) atoms. The van der Waals surface area contributed by atoms with Crippen molar-refractivity contribution in [1.29, 1.82) is 0 Å². The van der Waals surface area contributed by atoms with Crippen molar-refractivity contribution in [3.63, 3.8) is 0 Å². The minimum absolute atomic E-state index is 0.00865. The molecule has 5 heteroatoms. The van der Waals surface area contributed by atoms with E-state index in [-0.39, 0.29) is 18.8 Å². The minimum atomic E-state index is -0.268. The zero-order valence-electron chi connectivity index (χ0n) is 26.1. The largest absolute Gasteiger partial charge is 0.446 e. The van der Waals surface area contributed by atoms with Crippen LogP contribution in [-0.4, -0.2) is 55.5 Å². The lowest BCUT2D eigenvalue weighted by molar-refractivity contribution is -0.0581. The third-order valence-corrected chi connectivity index (χ3v) is 12.0. The Bertz CT molecular complexity index is 842. The number of nitrogens with one attached hydrogen (secondary N) is 1. The van der Waals surface area contributed by atoms with Crippen molar-refractivity contribution in [2.75, 3.05) is 33.3 Å². The Morgan fingerprint density at radius 1 is 1.08 bits per heavy atom. The van der Waals surface area contributed by atoms with Gasteiger partial charge in [-0.3, -0.25) is 0 Å². The first kappa shape index (κ1) is 30.9. The summed E-state index contributed by atoms with van der Waals surface area (Å²) in [5.74, 6) is 5.13. The lowest BCUT2D eigenvalue weighted by atomic mass is 9.47. The Morgan fingerprint density at radius 3 is 2.62 bits per heavy atom. The number of fused-ring (bicyclic) bond motifs is 5. The Morgan fingerprint density at radius 2 is 1.87 bits per heavy atom. The number of alkyl carbamates (subject to hydrolysis) is 1. The molecule has 8 atom stereocenters. The molecule has 0 radical (unpaired) electrons. The summed E-state index contributed by atoms with van der Waals surface area (Å²) < 4.78 is 5.90. The fourth-order valence-electron chi connectivity index (χ4n) is 9.77. The molecule has 0 saturated heterocycles. The molecule has 0 spiro atoms. The van der Waals surface area contributed by atoms with Gasteiger partial charge in [0.25, 0.3) is 0 Å². The summed E-state index contributed by atoms with van der Waals surface area (Å²) in [6, 6.07) is 0. The molecular formula is C34H60N2O3. The monoisotopic (exact) mass is 544 g/mol. The summed E-state index contributed by atoms with van der Waals surface area (Å²) in [5, 5.41) is 12.0. The van der Waals surface area contributed by atoms with Gasteiger partial charge in [-0.15, -0.1) is 0 Å². The molecule has 0 aliphatic heterocycles. The SMILES string of the molecule is CC(C)CCC[C@@H](C)[C@H]1CC[C@H]2[C@@H]3CC=C4C[C@@H](OC(=O)NCCCN(C)CCO)CC[C@]4(C)C3CC[C@]12C. The second-order valence-corrected chi connectivity index (χ2v) is 14.9. The summed E-state index contributed by atoms with van der Waals surface area (Å²) in [6.07, 6.45) is 17.4. The van der Waals surface area contributed by atoms with E-state index in [1.165, 1.54) is 51.4 Å². The van der Waals surface area contributed by atoms with Crippen LogP contribution in [0.4, 0.5) is 4.79 Å². The van der Waals surface area contributed by atoms with Gasteiger partial charge in [0, 0.05) is 19.5 Å². The van der Waals surface area contributed by atoms with Crippen molar-refractivity contribution in [3.05, 3.63) is 11.6 Å². The number of nitrogens with zero attached hydrogens (tertiary/aromatic N) is 1. The third kappa shape index (κ3) is 6.88. The summed E-state index contributed by atoms with van der Waals surface area (Å²) in [6.45, 7) is 14.8. The maximum atomic E-state index is 12.5. The average Bonchev–Trinajstić information content (AvgIpc) is 3.24. The average molecular weight is 545 g/mol. The molecule has 224 valence electrons. The predicted molar refractivity (Wildman–Crippen MR) is 161 cm³/mol. The molecule has 4 rings (SSSR count). The maximum Gasteiger partial charge on any atom is 0.407 e. The van der Waals surface area contributed by atoms with Crippen LogP contribution in [0.3, 0.4) is 0 Å². The molecule has 0 aromatic heterocycles. The normalized spacial score (nSPS) is 36.6. The van der Waals surface area contributed by atoms with Crippen molar-refractivity contribution >= 4 is 6.09 Å². The van der Waals surface area contributed by atoms with E-state index in [0.29, 0.717) is 23.9 Å². The van der Waals surface area contributed by atoms with Gasteiger partial charge in [0.1, 0.15) is 6.10 Å². The number of hydrogen-bond donors (Lipinski definition) is 2. The van der Waals surface area contributed by atoms with Crippen molar-refractivity contribution in [2.45, 2.75) is 118 Å². The first-order valence-electron chi connectivity index (χ1n) is 16.5. The van der Waals surface area contributed by atoms with Gasteiger partial charge in [-0.05, 0) is 111 Å². The van der Waals surface area contributed by atoms with Gasteiger partial charge in [-0.2, -0.15) is 0 Å². The molecule has 1 amide bonds. The summed E-state index contributed by atoms with van der Waals surface area (Å²) >= 11 is 0. The van der Waals surface area contributed by atoms with E-state index in [2.05, 4.69) is 50.9 Å². The van der Waals surface area contributed by atoms with Crippen LogP contribution in [0.2, 0.25) is 0 Å². The van der Waals surface area contributed by atoms with Crippen LogP contribution in [0.5, 0.6) is 0 Å². The molecule has 4 aliphatic carbocycles. The minimum Gasteiger partial charge on any atom is -0.446 e. The highest BCUT2D eigenvalue weighted by Gasteiger charge is 2.59. The number of carbonyl (C=O) groups excluding carboxylic acids is 1. The van der Waals surface area contributed by atoms with Crippen LogP contribution in [0.1, 0.15) is 112 Å². The van der Waals surface area contributed by atoms with E-state index in [1.807, 2.05) is 7.05 Å². The fraction of sp³-hybridized carbons (Fsp3) is 0.912. The Balaban J connectivity index is 1.31. The van der Waals surface area contributed by atoms with Gasteiger partial charge >= 0.3 is 6.09 Å². The smallest absolute Gasteiger partial charge is 0.407 e. The van der Waals surface area contributed by atoms with Gasteiger partial charge in [0.15, 0.2) is 0 Å². The first-order chi connectivity index (χ1) is 18.6. The second kappa shape index (κ2) is 13.3. The molecule has 5 nitrogen and oxygen atoms in total. The highest BCUT2D eigenvalue weighted by molar-refractivity contribution is 5.67. The van der Waals surface area contributed by atoms with Crippen LogP contribution < -0.4 is 5.32 Å². The van der Waals surface area contributed by atoms with Crippen LogP contribution in [-0.2, 0) is 4.74 Å². The standard InChI is InChI=1S/C34H60N2O3/c1-24(2)9-7-10-25(3)29-13-14-30-28-12-11-26-23-27(39-32(38)35-19-8-20-36(6)21-22-37)15-17-33(26,4)31(28)16-18-34(29,30)5/h11,24-25,27-31,37H,7-10,12-23H2,1-6H3,(H,35,38)/t25-,27+,28+,29-,30+,31?,33+,34-/m1/s1. The fourth-order valence-corrected chi connectivity index (χ4v) is 9.77. The Kier molecular flexibility index (Phi) is 10.5. The number of ether oxygens (including phenoxy) is 1. The first-order valence-corrected chi connectivity index (χ1v) is 16.5. The molecule has 3 saturated carbocycles. The molecule has 0 bridgehead atoms. The van der Waals surface area contributed by atoms with E-state index < -0.39 is 0 Å². The number of aliphatic hydroxyl groups excluding tert-OH is 1. The number of allylic oxidation sites excluding steroid dienone is 1. The summed E-state index contributed by atoms with van der Waals surface area (Å²) in [7, 11) is 1.99. The summed E-state index contributed by atoms with van der Waals surface area (Å²) in [4.78, 5) is 14.6. The second-order valence-electron chi connectivity index (χ2n) is 14.9. The van der Waals surface area contributed by atoms with E-state index in [9.17, 15) is 4.79 Å². The summed E-state index contributed by atoms with van der Waals surface area (Å²) in [5.41, 5.74) is 2.41. The number of aliphatic hydroxyl groups is 1. The Labute approximate surface area is 239 Å². The van der Waals surface area contributed by atoms with Gasteiger partial charge < -0.3 is 20.1 Å². The predicted octanol–water partition coefficient (Wildman–Crippen LogP) is 7.44. The van der Waals surface area contributed by atoms with Crippen LogP contribution in [0.25, 0.3) is 0 Å². The van der Waals surface area contributed by atoms with E-state index in [0.717, 1.165) is 67.7 Å². The molecule has 0 aromatic carbocycles. The molecule has 2 N–H and O–H groups in total. The quantitative estimate of drug-likeness (QED) is 0.198. The lowest BCUT2D eigenvalue weighted by Crippen LogP contribution is -2.51. The van der Waals surface area contributed by atoms with Gasteiger partial charge in [-0.1, -0.05) is 65.5 Å². The third-order valence-electron chi connectivity index (χ3n) is 12.0. The lowest BCUT2D eigenvalue weighted by Gasteiger charge is -2.58. The molecule has 4 aliphatic rings. The van der Waals surface area contributed by atoms with Gasteiger partial charge in [0.05, 0.1) is 6.61 Å². The Hall–Kier alpha value is -1.07. The number of rotatable bonds is 12. The highest BCUT2D eigenvalue weighted by atomic mass is 16.6. The van der Waals surface area contributed by atoms with Crippen molar-refractivity contribution in [1.82, 2.24) is 10.2 Å². The van der Waals surface area contributed by atoms with Crippen LogP contribution >= 0.6 is 0 Å². The molecule has 0 aromatic rings.